The third kappa shape index (κ3) is 2.12. The van der Waals surface area contributed by atoms with Crippen molar-refractivity contribution in [2.24, 2.45) is 7.05 Å². The van der Waals surface area contributed by atoms with Crippen LogP contribution in [0.4, 0.5) is 11.5 Å². The molecule has 0 aromatic carbocycles. The number of rotatable bonds is 3. The fraction of sp³-hybridized carbons (Fsp3) is 0.500. The van der Waals surface area contributed by atoms with Gasteiger partial charge in [0.1, 0.15) is 0 Å². The molecule has 0 radical (unpaired) electrons. The molecule has 0 spiro atoms. The zero-order chi connectivity index (χ0) is 13.4. The van der Waals surface area contributed by atoms with Crippen molar-refractivity contribution in [2.75, 3.05) is 17.2 Å². The monoisotopic (exact) mass is 276 g/mol. The minimum absolute atomic E-state index is 0.864. The van der Waals surface area contributed by atoms with Crippen LogP contribution in [0.5, 0.6) is 0 Å². The van der Waals surface area contributed by atoms with Crippen LogP contribution in [-0.2, 0) is 26.4 Å². The Morgan fingerprint density at radius 3 is 3.11 bits per heavy atom. The van der Waals surface area contributed by atoms with Gasteiger partial charge in [-0.15, -0.1) is 11.3 Å². The third-order valence-corrected chi connectivity index (χ3v) is 4.75. The van der Waals surface area contributed by atoms with E-state index in [-0.39, 0.29) is 0 Å². The fourth-order valence-corrected chi connectivity index (χ4v) is 3.70. The van der Waals surface area contributed by atoms with Crippen LogP contribution in [0.3, 0.4) is 0 Å². The smallest absolute Gasteiger partial charge is 0.150 e. The summed E-state index contributed by atoms with van der Waals surface area (Å²) in [7, 11) is 1.99. The van der Waals surface area contributed by atoms with Crippen molar-refractivity contribution >= 4 is 22.8 Å². The lowest BCUT2D eigenvalue weighted by Crippen LogP contribution is -2.31. The lowest BCUT2D eigenvalue weighted by atomic mass is 10.1. The van der Waals surface area contributed by atoms with Crippen LogP contribution in [0.15, 0.2) is 11.4 Å². The second-order valence-corrected chi connectivity index (χ2v) is 6.10. The number of nitrogens with two attached hydrogens (primary N) is 1. The molecule has 3 heterocycles. The molecule has 2 aromatic heterocycles. The number of nitrogens with zero attached hydrogens (tertiary/aromatic N) is 3. The molecule has 0 saturated heterocycles. The first-order chi connectivity index (χ1) is 9.20. The van der Waals surface area contributed by atoms with Crippen molar-refractivity contribution in [3.63, 3.8) is 0 Å². The second kappa shape index (κ2) is 4.89. The van der Waals surface area contributed by atoms with Crippen molar-refractivity contribution in [1.82, 2.24) is 9.78 Å². The predicted molar refractivity (Wildman–Crippen MR) is 80.7 cm³/mol. The van der Waals surface area contributed by atoms with Crippen LogP contribution < -0.4 is 10.6 Å². The quantitative estimate of drug-likeness (QED) is 0.937. The maximum absolute atomic E-state index is 6.29. The summed E-state index contributed by atoms with van der Waals surface area (Å²) < 4.78 is 1.94. The van der Waals surface area contributed by atoms with Gasteiger partial charge in [-0.2, -0.15) is 5.10 Å². The molecule has 3 rings (SSSR count). The summed E-state index contributed by atoms with van der Waals surface area (Å²) in [6.07, 6.45) is 3.15. The van der Waals surface area contributed by atoms with E-state index in [2.05, 4.69) is 28.4 Å². The number of aryl methyl sites for hydroxylation is 2. The van der Waals surface area contributed by atoms with Crippen molar-refractivity contribution in [3.8, 4) is 0 Å². The van der Waals surface area contributed by atoms with Crippen LogP contribution in [0, 0.1) is 0 Å². The molecule has 102 valence electrons. The van der Waals surface area contributed by atoms with Crippen LogP contribution >= 0.6 is 11.3 Å². The molecule has 0 atom stereocenters. The van der Waals surface area contributed by atoms with Crippen LogP contribution in [0.1, 0.15) is 29.5 Å². The number of hydrogen-bond donors (Lipinski definition) is 1. The summed E-state index contributed by atoms with van der Waals surface area (Å²) in [5.74, 6) is 1.08. The standard InChI is InChI=1S/C14H20N4S/c1-3-4-11-13(15)14(17(2)16-11)18-7-5-12-10(9-18)6-8-19-12/h6,8H,3-5,7,9,15H2,1-2H3. The number of fused-ring (bicyclic) bond motifs is 1. The predicted octanol–water partition coefficient (Wildman–Crippen LogP) is 2.58. The van der Waals surface area contributed by atoms with E-state index in [1.54, 1.807) is 0 Å². The molecule has 0 aliphatic carbocycles. The van der Waals surface area contributed by atoms with E-state index in [4.69, 9.17) is 5.73 Å². The van der Waals surface area contributed by atoms with Crippen molar-refractivity contribution in [2.45, 2.75) is 32.7 Å². The lowest BCUT2D eigenvalue weighted by molar-refractivity contribution is 0.669. The van der Waals surface area contributed by atoms with E-state index in [1.807, 2.05) is 23.1 Å². The molecule has 1 aliphatic heterocycles. The van der Waals surface area contributed by atoms with Crippen molar-refractivity contribution < 1.29 is 0 Å². The number of hydrogen-bond acceptors (Lipinski definition) is 4. The zero-order valence-electron chi connectivity index (χ0n) is 11.5. The SMILES string of the molecule is CCCc1nn(C)c(N2CCc3sccc3C2)c1N. The Kier molecular flexibility index (Phi) is 3.22. The molecule has 2 aromatic rings. The molecule has 0 unspecified atom stereocenters. The first kappa shape index (κ1) is 12.5. The van der Waals surface area contributed by atoms with E-state index < -0.39 is 0 Å². The first-order valence-corrected chi connectivity index (χ1v) is 7.70. The topological polar surface area (TPSA) is 47.1 Å². The largest absolute Gasteiger partial charge is 0.394 e. The minimum atomic E-state index is 0.864. The highest BCUT2D eigenvalue weighted by molar-refractivity contribution is 7.10. The molecule has 0 amide bonds. The lowest BCUT2D eigenvalue weighted by Gasteiger charge is -2.29. The minimum Gasteiger partial charge on any atom is -0.394 e. The van der Waals surface area contributed by atoms with Gasteiger partial charge in [-0.3, -0.25) is 4.68 Å². The summed E-state index contributed by atoms with van der Waals surface area (Å²) in [6, 6.07) is 2.23. The van der Waals surface area contributed by atoms with Gasteiger partial charge in [-0.05, 0) is 29.9 Å². The number of nitrogen functional groups attached to an aromatic ring is 1. The van der Waals surface area contributed by atoms with Crippen LogP contribution in [0.2, 0.25) is 0 Å². The number of aromatic nitrogens is 2. The van der Waals surface area contributed by atoms with Gasteiger partial charge in [-0.1, -0.05) is 13.3 Å². The normalized spacial score (nSPS) is 14.7. The van der Waals surface area contributed by atoms with E-state index >= 15 is 0 Å². The molecule has 0 saturated carbocycles. The molecule has 5 heteroatoms. The van der Waals surface area contributed by atoms with Crippen LogP contribution in [-0.4, -0.2) is 16.3 Å². The van der Waals surface area contributed by atoms with Crippen molar-refractivity contribution in [3.05, 3.63) is 27.6 Å². The van der Waals surface area contributed by atoms with Gasteiger partial charge in [0.05, 0.1) is 11.4 Å². The number of anilines is 2. The van der Waals surface area contributed by atoms with Gasteiger partial charge < -0.3 is 10.6 Å². The Hall–Kier alpha value is -1.49. The Balaban J connectivity index is 1.91. The van der Waals surface area contributed by atoms with Crippen LogP contribution in [0.25, 0.3) is 0 Å². The summed E-state index contributed by atoms with van der Waals surface area (Å²) in [6.45, 7) is 4.14. The van der Waals surface area contributed by atoms with Gasteiger partial charge in [0.2, 0.25) is 0 Å². The highest BCUT2D eigenvalue weighted by Crippen LogP contribution is 2.32. The summed E-state index contributed by atoms with van der Waals surface area (Å²) >= 11 is 1.86. The van der Waals surface area contributed by atoms with Gasteiger partial charge in [0.25, 0.3) is 0 Å². The zero-order valence-corrected chi connectivity index (χ0v) is 12.3. The van der Waals surface area contributed by atoms with E-state index in [0.717, 1.165) is 49.6 Å². The maximum atomic E-state index is 6.29. The van der Waals surface area contributed by atoms with E-state index in [0.29, 0.717) is 0 Å². The third-order valence-electron chi connectivity index (χ3n) is 3.72. The average Bonchev–Trinajstić information content (AvgIpc) is 2.95. The summed E-state index contributed by atoms with van der Waals surface area (Å²) in [4.78, 5) is 3.88. The number of thiophene rings is 1. The first-order valence-electron chi connectivity index (χ1n) is 6.82. The van der Waals surface area contributed by atoms with Gasteiger partial charge in [0.15, 0.2) is 5.82 Å². The summed E-state index contributed by atoms with van der Waals surface area (Å²) in [5, 5.41) is 6.76. The summed E-state index contributed by atoms with van der Waals surface area (Å²) in [5.41, 5.74) is 9.63. The van der Waals surface area contributed by atoms with E-state index in [1.165, 1.54) is 10.4 Å². The highest BCUT2D eigenvalue weighted by Gasteiger charge is 2.23. The molecule has 0 bridgehead atoms. The molecular weight excluding hydrogens is 256 g/mol. The highest BCUT2D eigenvalue weighted by atomic mass is 32.1. The molecule has 1 aliphatic rings. The van der Waals surface area contributed by atoms with E-state index in [9.17, 15) is 0 Å². The Labute approximate surface area is 117 Å². The molecule has 4 nitrogen and oxygen atoms in total. The molecule has 2 N–H and O–H groups in total. The van der Waals surface area contributed by atoms with Crippen molar-refractivity contribution in [1.29, 1.82) is 0 Å². The second-order valence-electron chi connectivity index (χ2n) is 5.10. The Bertz CT molecular complexity index is 584. The molecular formula is C14H20N4S. The molecule has 0 fully saturated rings. The Morgan fingerprint density at radius 1 is 1.47 bits per heavy atom. The Morgan fingerprint density at radius 2 is 2.32 bits per heavy atom. The molecule has 19 heavy (non-hydrogen) atoms. The van der Waals surface area contributed by atoms with Gasteiger partial charge in [-0.25, -0.2) is 0 Å². The maximum Gasteiger partial charge on any atom is 0.150 e. The average molecular weight is 276 g/mol. The van der Waals surface area contributed by atoms with Gasteiger partial charge in [0, 0.05) is 25.0 Å². The fourth-order valence-electron chi connectivity index (χ4n) is 2.81. The van der Waals surface area contributed by atoms with Gasteiger partial charge >= 0.3 is 0 Å².